The second-order valence-corrected chi connectivity index (χ2v) is 6.91. The van der Waals surface area contributed by atoms with Gasteiger partial charge in [-0.1, -0.05) is 40.1 Å². The van der Waals surface area contributed by atoms with Crippen molar-refractivity contribution >= 4 is 29.4 Å². The fraction of sp³-hybridized carbons (Fsp3) is 0.318. The van der Waals surface area contributed by atoms with Gasteiger partial charge in [0.15, 0.2) is 0 Å². The maximum Gasteiger partial charge on any atom is 0.573 e. The number of hydrogen-bond acceptors (Lipinski definition) is 6. The molecule has 180 valence electrons. The topological polar surface area (TPSA) is 81.5 Å². The maximum atomic E-state index is 12.3. The molecule has 0 saturated carbocycles. The van der Waals surface area contributed by atoms with E-state index in [0.29, 0.717) is 23.4 Å². The van der Waals surface area contributed by atoms with E-state index >= 15 is 0 Å². The molecular formula is C22H25ClF3N3O4. The van der Waals surface area contributed by atoms with Gasteiger partial charge in [0.05, 0.1) is 16.4 Å². The van der Waals surface area contributed by atoms with E-state index in [1.807, 2.05) is 32.0 Å². The van der Waals surface area contributed by atoms with Crippen LogP contribution in [0, 0.1) is 6.92 Å². The predicted octanol–water partition coefficient (Wildman–Crippen LogP) is 5.22. The van der Waals surface area contributed by atoms with Crippen molar-refractivity contribution in [3.05, 3.63) is 63.7 Å². The highest BCUT2D eigenvalue weighted by Gasteiger charge is 2.31. The summed E-state index contributed by atoms with van der Waals surface area (Å²) >= 11 is 6.06. The van der Waals surface area contributed by atoms with Crippen LogP contribution in [-0.4, -0.2) is 38.4 Å². The van der Waals surface area contributed by atoms with Crippen LogP contribution in [0.15, 0.2) is 46.7 Å². The van der Waals surface area contributed by atoms with Crippen molar-refractivity contribution in [2.24, 2.45) is 10.3 Å². The number of carbonyl (C=O) groups is 1. The Bertz CT molecular complexity index is 995. The number of amides is 1. The quantitative estimate of drug-likeness (QED) is 0.314. The SMILES string of the molecule is CNC=O.CO/N=C(/C)c1cccc(C)c1CO/N=C(\C)c1ccc(OC(F)(F)F)cc1Cl. The van der Waals surface area contributed by atoms with Crippen LogP contribution in [0.25, 0.3) is 0 Å². The summed E-state index contributed by atoms with van der Waals surface area (Å²) in [5.41, 5.74) is 4.29. The van der Waals surface area contributed by atoms with Gasteiger partial charge in [-0.2, -0.15) is 0 Å². The number of benzene rings is 2. The smallest absolute Gasteiger partial charge is 0.406 e. The van der Waals surface area contributed by atoms with Crippen LogP contribution in [-0.2, 0) is 21.1 Å². The lowest BCUT2D eigenvalue weighted by Crippen LogP contribution is -2.17. The van der Waals surface area contributed by atoms with Gasteiger partial charge in [-0.15, -0.1) is 13.2 Å². The first kappa shape index (κ1) is 27.8. The highest BCUT2D eigenvalue weighted by atomic mass is 35.5. The van der Waals surface area contributed by atoms with Crippen LogP contribution in [0.2, 0.25) is 5.02 Å². The molecule has 0 aromatic heterocycles. The zero-order valence-corrected chi connectivity index (χ0v) is 19.5. The molecule has 7 nitrogen and oxygen atoms in total. The number of halogens is 4. The van der Waals surface area contributed by atoms with Crippen LogP contribution in [0.5, 0.6) is 5.75 Å². The molecule has 0 aliphatic heterocycles. The number of carbonyl (C=O) groups excluding carboxylic acids is 1. The van der Waals surface area contributed by atoms with E-state index in [-0.39, 0.29) is 11.6 Å². The molecule has 0 aliphatic rings. The Morgan fingerprint density at radius 3 is 2.30 bits per heavy atom. The monoisotopic (exact) mass is 487 g/mol. The molecule has 0 fully saturated rings. The zero-order chi connectivity index (χ0) is 25.0. The molecule has 1 amide bonds. The number of ether oxygens (including phenoxy) is 1. The number of alkyl halides is 3. The average molecular weight is 488 g/mol. The molecule has 33 heavy (non-hydrogen) atoms. The minimum absolute atomic E-state index is 0.0660. The van der Waals surface area contributed by atoms with Crippen molar-refractivity contribution in [1.29, 1.82) is 0 Å². The highest BCUT2D eigenvalue weighted by Crippen LogP contribution is 2.28. The van der Waals surface area contributed by atoms with Gasteiger partial charge >= 0.3 is 6.36 Å². The molecule has 1 N–H and O–H groups in total. The summed E-state index contributed by atoms with van der Waals surface area (Å²) in [5.74, 6) is -0.405. The normalized spacial score (nSPS) is 11.8. The number of nitrogens with zero attached hydrogens (tertiary/aromatic N) is 2. The first-order chi connectivity index (χ1) is 15.5. The molecule has 0 spiro atoms. The lowest BCUT2D eigenvalue weighted by atomic mass is 10.00. The Morgan fingerprint density at radius 1 is 1.12 bits per heavy atom. The third-order valence-electron chi connectivity index (χ3n) is 4.12. The van der Waals surface area contributed by atoms with Gasteiger partial charge < -0.3 is 19.7 Å². The molecule has 0 aliphatic carbocycles. The number of aryl methyl sites for hydroxylation is 1. The average Bonchev–Trinajstić information content (AvgIpc) is 2.74. The lowest BCUT2D eigenvalue weighted by molar-refractivity contribution is -0.274. The Kier molecular flexibility index (Phi) is 11.2. The third-order valence-corrected chi connectivity index (χ3v) is 4.43. The Hall–Kier alpha value is -3.27. The van der Waals surface area contributed by atoms with E-state index in [1.54, 1.807) is 14.0 Å². The van der Waals surface area contributed by atoms with Gasteiger partial charge in [-0.25, -0.2) is 0 Å². The van der Waals surface area contributed by atoms with E-state index < -0.39 is 12.1 Å². The molecule has 0 saturated heterocycles. The summed E-state index contributed by atoms with van der Waals surface area (Å²) in [6.45, 7) is 5.57. The van der Waals surface area contributed by atoms with E-state index in [4.69, 9.17) is 26.1 Å². The molecule has 0 bridgehead atoms. The van der Waals surface area contributed by atoms with Gasteiger partial charge in [0.1, 0.15) is 19.5 Å². The van der Waals surface area contributed by atoms with Crippen LogP contribution in [0.3, 0.4) is 0 Å². The van der Waals surface area contributed by atoms with Crippen molar-refractivity contribution in [3.63, 3.8) is 0 Å². The second-order valence-electron chi connectivity index (χ2n) is 6.51. The van der Waals surface area contributed by atoms with Crippen molar-refractivity contribution < 1.29 is 32.4 Å². The minimum atomic E-state index is -4.79. The highest BCUT2D eigenvalue weighted by molar-refractivity contribution is 6.34. The van der Waals surface area contributed by atoms with E-state index in [1.165, 1.54) is 13.2 Å². The molecule has 2 aromatic carbocycles. The largest absolute Gasteiger partial charge is 0.573 e. The van der Waals surface area contributed by atoms with Gasteiger partial charge in [0.25, 0.3) is 0 Å². The van der Waals surface area contributed by atoms with Crippen LogP contribution < -0.4 is 10.1 Å². The minimum Gasteiger partial charge on any atom is -0.406 e. The Labute approximate surface area is 195 Å². The fourth-order valence-corrected chi connectivity index (χ4v) is 2.96. The van der Waals surface area contributed by atoms with Crippen molar-refractivity contribution in [3.8, 4) is 5.75 Å². The number of oxime groups is 2. The molecule has 0 atom stereocenters. The number of nitrogens with one attached hydrogen (secondary N) is 1. The second kappa shape index (κ2) is 13.3. The van der Waals surface area contributed by atoms with Crippen LogP contribution in [0.4, 0.5) is 13.2 Å². The molecule has 0 radical (unpaired) electrons. The summed E-state index contributed by atoms with van der Waals surface area (Å²) in [5, 5.41) is 10.3. The summed E-state index contributed by atoms with van der Waals surface area (Å²) in [6.07, 6.45) is -4.16. The van der Waals surface area contributed by atoms with Gasteiger partial charge in [-0.05, 0) is 44.5 Å². The zero-order valence-electron chi connectivity index (χ0n) is 18.8. The van der Waals surface area contributed by atoms with Gasteiger partial charge in [-0.3, -0.25) is 4.79 Å². The van der Waals surface area contributed by atoms with E-state index in [2.05, 4.69) is 20.4 Å². The van der Waals surface area contributed by atoms with Gasteiger partial charge in [0, 0.05) is 23.7 Å². The lowest BCUT2D eigenvalue weighted by Gasteiger charge is -2.12. The van der Waals surface area contributed by atoms with E-state index in [0.717, 1.165) is 28.8 Å². The third kappa shape index (κ3) is 9.40. The van der Waals surface area contributed by atoms with Crippen molar-refractivity contribution in [1.82, 2.24) is 5.32 Å². The van der Waals surface area contributed by atoms with Crippen LogP contribution >= 0.6 is 11.6 Å². The first-order valence-corrected chi connectivity index (χ1v) is 9.91. The van der Waals surface area contributed by atoms with Crippen molar-refractivity contribution in [2.75, 3.05) is 14.2 Å². The summed E-state index contributed by atoms with van der Waals surface area (Å²) in [6, 6.07) is 9.37. The Balaban J connectivity index is 0.00000125. The first-order valence-electron chi connectivity index (χ1n) is 9.53. The molecule has 0 unspecified atom stereocenters. The van der Waals surface area contributed by atoms with Crippen LogP contribution in [0.1, 0.15) is 36.1 Å². The Morgan fingerprint density at radius 2 is 1.76 bits per heavy atom. The van der Waals surface area contributed by atoms with E-state index in [9.17, 15) is 13.2 Å². The fourth-order valence-electron chi connectivity index (χ4n) is 2.65. The molecular weight excluding hydrogens is 463 g/mol. The number of hydrogen-bond donors (Lipinski definition) is 1. The summed E-state index contributed by atoms with van der Waals surface area (Å²) in [7, 11) is 3.03. The summed E-state index contributed by atoms with van der Waals surface area (Å²) in [4.78, 5) is 19.4. The summed E-state index contributed by atoms with van der Waals surface area (Å²) < 4.78 is 40.8. The molecule has 0 heterocycles. The number of rotatable bonds is 8. The standard InChI is InChI=1S/C20H20ClF3N2O3.C2H5NO/c1-12-6-5-7-16(13(2)25-27-4)18(12)11-28-26-14(3)17-9-8-15(10-19(17)21)29-20(22,23)24;1-3-2-4/h5-10H,11H2,1-4H3;2H,1H3,(H,3,4)/b25-13-,26-14+;. The molecule has 2 rings (SSSR count). The predicted molar refractivity (Wildman–Crippen MR) is 121 cm³/mol. The molecule has 11 heteroatoms. The van der Waals surface area contributed by atoms with Crippen molar-refractivity contribution in [2.45, 2.75) is 33.7 Å². The molecule has 2 aromatic rings. The maximum absolute atomic E-state index is 12.3. The van der Waals surface area contributed by atoms with Gasteiger partial charge in [0.2, 0.25) is 6.41 Å².